The van der Waals surface area contributed by atoms with Crippen molar-refractivity contribution in [3.8, 4) is 11.5 Å². The maximum Gasteiger partial charge on any atom is 0.312 e. The molecule has 0 fully saturated rings. The van der Waals surface area contributed by atoms with E-state index in [0.29, 0.717) is 0 Å². The van der Waals surface area contributed by atoms with Crippen LogP contribution >= 0.6 is 11.6 Å². The molecule has 0 saturated heterocycles. The number of aromatic nitrogens is 1. The molecule has 1 heterocycles. The van der Waals surface area contributed by atoms with Crippen LogP contribution < -0.4 is 4.74 Å². The van der Waals surface area contributed by atoms with Gasteiger partial charge in [0, 0.05) is 29.6 Å². The minimum absolute atomic E-state index is 0.0405. The Morgan fingerprint density at radius 1 is 1.28 bits per heavy atom. The topological polar surface area (TPSA) is 76.5 Å². The molecular weight excluding hydrogens is 383 g/mol. The van der Waals surface area contributed by atoms with Crippen molar-refractivity contribution in [2.45, 2.75) is 23.1 Å². The van der Waals surface area contributed by atoms with Crippen LogP contribution in [0.2, 0.25) is 5.02 Å². The second kappa shape index (κ2) is 5.86. The Labute approximate surface area is 145 Å². The lowest BCUT2D eigenvalue weighted by Gasteiger charge is -2.16. The van der Waals surface area contributed by atoms with E-state index >= 15 is 0 Å². The van der Waals surface area contributed by atoms with Crippen LogP contribution in [-0.4, -0.2) is 30.7 Å². The van der Waals surface area contributed by atoms with E-state index < -0.39 is 44.1 Å². The number of pyridine rings is 1. The van der Waals surface area contributed by atoms with Crippen molar-refractivity contribution in [1.82, 2.24) is 4.98 Å². The highest BCUT2D eigenvalue weighted by Crippen LogP contribution is 2.57. The summed E-state index contributed by atoms with van der Waals surface area (Å²) in [4.78, 5) is 3.17. The number of nitrogens with zero attached hydrogens (tertiary/aromatic N) is 1. The number of aliphatic hydroxyl groups excluding tert-OH is 1. The first-order valence-electron chi connectivity index (χ1n) is 6.88. The van der Waals surface area contributed by atoms with Gasteiger partial charge in [-0.05, 0) is 12.1 Å². The van der Waals surface area contributed by atoms with Gasteiger partial charge in [-0.25, -0.2) is 12.8 Å². The monoisotopic (exact) mass is 393 g/mol. The van der Waals surface area contributed by atoms with Crippen molar-refractivity contribution in [3.63, 3.8) is 0 Å². The summed E-state index contributed by atoms with van der Waals surface area (Å²) in [7, 11) is -3.98. The molecule has 1 N–H and O–H groups in total. The van der Waals surface area contributed by atoms with E-state index in [1.165, 1.54) is 18.5 Å². The smallest absolute Gasteiger partial charge is 0.312 e. The number of aliphatic hydroxyl groups is 1. The standard InChI is InChI=1S/C15H11ClF3NO4S/c1-25(22,23)10-3-2-9(24-8-4-7(16)5-20-6-8)11-12(10)14(21)15(18,19)13(11)17/h2-6,13-14,21H,1H3/t13?,14-/m0/s1. The summed E-state index contributed by atoms with van der Waals surface area (Å²) in [6.45, 7) is 0. The van der Waals surface area contributed by atoms with Gasteiger partial charge in [-0.3, -0.25) is 4.98 Å². The van der Waals surface area contributed by atoms with Crippen molar-refractivity contribution < 1.29 is 31.4 Å². The van der Waals surface area contributed by atoms with Crippen LogP contribution in [0.25, 0.3) is 0 Å². The second-order valence-electron chi connectivity index (χ2n) is 5.54. The Balaban J connectivity index is 2.21. The molecule has 1 aliphatic carbocycles. The van der Waals surface area contributed by atoms with Crippen LogP contribution in [0.4, 0.5) is 13.2 Å². The number of rotatable bonds is 3. The Bertz CT molecular complexity index is 952. The quantitative estimate of drug-likeness (QED) is 0.861. The van der Waals surface area contributed by atoms with E-state index in [0.717, 1.165) is 18.4 Å². The highest BCUT2D eigenvalue weighted by molar-refractivity contribution is 7.90. The summed E-state index contributed by atoms with van der Waals surface area (Å²) in [5.41, 5.74) is -1.41. The Hall–Kier alpha value is -1.84. The molecule has 0 spiro atoms. The first-order valence-corrected chi connectivity index (χ1v) is 9.15. The fourth-order valence-electron chi connectivity index (χ4n) is 2.65. The molecule has 0 saturated carbocycles. The first kappa shape index (κ1) is 18.0. The van der Waals surface area contributed by atoms with Crippen molar-refractivity contribution in [3.05, 3.63) is 46.7 Å². The van der Waals surface area contributed by atoms with Gasteiger partial charge in [0.2, 0.25) is 0 Å². The third kappa shape index (κ3) is 2.96. The zero-order valence-electron chi connectivity index (χ0n) is 12.6. The third-order valence-electron chi connectivity index (χ3n) is 3.74. The number of fused-ring (bicyclic) bond motifs is 1. The lowest BCUT2D eigenvalue weighted by Crippen LogP contribution is -2.24. The van der Waals surface area contributed by atoms with Gasteiger partial charge in [-0.1, -0.05) is 11.6 Å². The normalized spacial score (nSPS) is 21.8. The predicted molar refractivity (Wildman–Crippen MR) is 82.6 cm³/mol. The lowest BCUT2D eigenvalue weighted by atomic mass is 10.1. The summed E-state index contributed by atoms with van der Waals surface area (Å²) in [5, 5.41) is 10.0. The minimum atomic E-state index is -4.19. The molecule has 0 bridgehead atoms. The van der Waals surface area contributed by atoms with E-state index in [1.54, 1.807) is 0 Å². The molecule has 0 aliphatic heterocycles. The maximum atomic E-state index is 14.3. The molecule has 3 rings (SSSR count). The number of sulfone groups is 1. The van der Waals surface area contributed by atoms with Crippen molar-refractivity contribution in [2.75, 3.05) is 6.26 Å². The zero-order valence-corrected chi connectivity index (χ0v) is 14.2. The first-order chi connectivity index (χ1) is 11.5. The van der Waals surface area contributed by atoms with Crippen LogP contribution in [0.15, 0.2) is 35.5 Å². The van der Waals surface area contributed by atoms with Gasteiger partial charge in [0.15, 0.2) is 16.0 Å². The van der Waals surface area contributed by atoms with Crippen LogP contribution in [-0.2, 0) is 9.84 Å². The number of alkyl halides is 3. The third-order valence-corrected chi connectivity index (χ3v) is 5.11. The number of halogens is 4. The van der Waals surface area contributed by atoms with Gasteiger partial charge in [0.25, 0.3) is 0 Å². The largest absolute Gasteiger partial charge is 0.455 e. The number of hydrogen-bond donors (Lipinski definition) is 1. The number of ether oxygens (including phenoxy) is 1. The second-order valence-corrected chi connectivity index (χ2v) is 7.96. The van der Waals surface area contributed by atoms with Gasteiger partial charge in [0.1, 0.15) is 17.6 Å². The summed E-state index contributed by atoms with van der Waals surface area (Å²) in [6.07, 6.45) is -2.23. The Morgan fingerprint density at radius 2 is 1.96 bits per heavy atom. The Morgan fingerprint density at radius 3 is 2.56 bits per heavy atom. The van der Waals surface area contributed by atoms with E-state index in [1.807, 2.05) is 0 Å². The van der Waals surface area contributed by atoms with Gasteiger partial charge >= 0.3 is 5.92 Å². The molecule has 2 aromatic rings. The molecule has 5 nitrogen and oxygen atoms in total. The molecule has 0 amide bonds. The van der Waals surface area contributed by atoms with Gasteiger partial charge in [-0.15, -0.1) is 0 Å². The molecule has 134 valence electrons. The molecule has 1 unspecified atom stereocenters. The lowest BCUT2D eigenvalue weighted by molar-refractivity contribution is -0.143. The van der Waals surface area contributed by atoms with Gasteiger partial charge in [0.05, 0.1) is 16.1 Å². The van der Waals surface area contributed by atoms with E-state index in [2.05, 4.69) is 4.98 Å². The molecule has 25 heavy (non-hydrogen) atoms. The zero-order chi connectivity index (χ0) is 18.6. The van der Waals surface area contributed by atoms with E-state index in [9.17, 15) is 26.7 Å². The Kier molecular flexibility index (Phi) is 4.21. The molecule has 1 aromatic heterocycles. The van der Waals surface area contributed by atoms with E-state index in [4.69, 9.17) is 16.3 Å². The molecule has 10 heteroatoms. The van der Waals surface area contributed by atoms with Crippen molar-refractivity contribution >= 4 is 21.4 Å². The summed E-state index contributed by atoms with van der Waals surface area (Å²) in [5.74, 6) is -4.50. The molecular formula is C15H11ClF3NO4S. The van der Waals surface area contributed by atoms with Crippen LogP contribution in [0.1, 0.15) is 23.4 Å². The molecule has 1 aromatic carbocycles. The number of hydrogen-bond acceptors (Lipinski definition) is 5. The van der Waals surface area contributed by atoms with Crippen LogP contribution in [0.5, 0.6) is 11.5 Å². The summed E-state index contributed by atoms with van der Waals surface area (Å²) in [6, 6.07) is 3.36. The highest BCUT2D eigenvalue weighted by atomic mass is 35.5. The fourth-order valence-corrected chi connectivity index (χ4v) is 3.75. The number of benzene rings is 1. The maximum absolute atomic E-state index is 14.3. The van der Waals surface area contributed by atoms with Crippen molar-refractivity contribution in [2.24, 2.45) is 0 Å². The SMILES string of the molecule is CS(=O)(=O)c1ccc(Oc2cncc(Cl)c2)c2c1[C@H](O)C(F)(F)C2F. The predicted octanol–water partition coefficient (Wildman–Crippen LogP) is 3.62. The average molecular weight is 394 g/mol. The summed E-state index contributed by atoms with van der Waals surface area (Å²) < 4.78 is 71.3. The fraction of sp³-hybridized carbons (Fsp3) is 0.267. The highest BCUT2D eigenvalue weighted by Gasteiger charge is 2.58. The van der Waals surface area contributed by atoms with E-state index in [-0.39, 0.29) is 16.5 Å². The molecule has 0 radical (unpaired) electrons. The minimum Gasteiger partial charge on any atom is -0.455 e. The van der Waals surface area contributed by atoms with Crippen LogP contribution in [0.3, 0.4) is 0 Å². The molecule has 1 aliphatic rings. The van der Waals surface area contributed by atoms with Crippen molar-refractivity contribution in [1.29, 1.82) is 0 Å². The van der Waals surface area contributed by atoms with Crippen LogP contribution in [0, 0.1) is 0 Å². The van der Waals surface area contributed by atoms with Gasteiger partial charge < -0.3 is 9.84 Å². The van der Waals surface area contributed by atoms with Gasteiger partial charge in [-0.2, -0.15) is 8.78 Å². The molecule has 2 atom stereocenters. The average Bonchev–Trinajstić information content (AvgIpc) is 2.68. The summed E-state index contributed by atoms with van der Waals surface area (Å²) >= 11 is 5.75.